The largest absolute Gasteiger partial charge is 3.00 e. The average molecular weight is 710 g/mol. The predicted octanol–water partition coefficient (Wildman–Crippen LogP) is 2.77. The summed E-state index contributed by atoms with van der Waals surface area (Å²) in [5.41, 5.74) is 0. The molecule has 6 nitrogen and oxygen atoms in total. The van der Waals surface area contributed by atoms with E-state index in [4.69, 9.17) is 0 Å². The van der Waals surface area contributed by atoms with Crippen molar-refractivity contribution in [2.75, 3.05) is 0 Å². The molecule has 0 N–H and O–H groups in total. The van der Waals surface area contributed by atoms with Gasteiger partial charge in [0.1, 0.15) is 0 Å². The first-order valence-electron chi connectivity index (χ1n) is 7.86. The summed E-state index contributed by atoms with van der Waals surface area (Å²) in [6.07, 6.45) is -35.8. The van der Waals surface area contributed by atoms with E-state index in [1.807, 2.05) is 0 Å². The topological polar surface area (TPSA) is 120 Å². The van der Waals surface area contributed by atoms with Crippen molar-refractivity contribution in [3.05, 3.63) is 35.5 Å². The maximum absolute atomic E-state index is 11.3. The minimum Gasteiger partial charge on any atom is -0.869 e. The third kappa shape index (κ3) is 20.4. The van der Waals surface area contributed by atoms with E-state index < -0.39 is 89.9 Å². The number of alkyl halides is 18. The monoisotopic (exact) mass is 710 g/mol. The summed E-state index contributed by atoms with van der Waals surface area (Å²) in [6, 6.07) is 0. The van der Waals surface area contributed by atoms with Crippen LogP contribution in [0.2, 0.25) is 0 Å². The molecule has 25 heteroatoms. The van der Waals surface area contributed by atoms with Crippen LogP contribution in [-0.2, 0) is 47.1 Å². The molecule has 0 spiro atoms. The van der Waals surface area contributed by atoms with Crippen LogP contribution in [0.1, 0.15) is 0 Å². The van der Waals surface area contributed by atoms with Gasteiger partial charge in [0, 0.05) is 0 Å². The maximum atomic E-state index is 11.3. The van der Waals surface area contributed by atoms with E-state index >= 15 is 0 Å². The third-order valence-corrected chi connectivity index (χ3v) is 2.46. The van der Waals surface area contributed by atoms with Crippen LogP contribution in [0.3, 0.4) is 0 Å². The summed E-state index contributed by atoms with van der Waals surface area (Å²) >= 11 is 0. The number of hydrogen-bond acceptors (Lipinski definition) is 6. The van der Waals surface area contributed by atoms with Crippen LogP contribution in [0.4, 0.5) is 79.0 Å². The van der Waals surface area contributed by atoms with Crippen molar-refractivity contribution in [2.45, 2.75) is 37.1 Å². The quantitative estimate of drug-likeness (QED) is 0.253. The van der Waals surface area contributed by atoms with E-state index in [0.717, 1.165) is 0 Å². The van der Waals surface area contributed by atoms with Crippen molar-refractivity contribution in [2.24, 2.45) is 0 Å². The van der Waals surface area contributed by atoms with Gasteiger partial charge in [-0.05, 0) is 35.5 Å². The zero-order valence-corrected chi connectivity index (χ0v) is 20.4. The van der Waals surface area contributed by atoms with Crippen LogP contribution in [-0.4, -0.2) is 54.4 Å². The van der Waals surface area contributed by atoms with E-state index in [1.165, 1.54) is 0 Å². The molecule has 0 aromatic heterocycles. The normalized spacial score (nSPS) is 14.1. The van der Waals surface area contributed by atoms with Gasteiger partial charge in [0.15, 0.2) is 0 Å². The molecule has 0 radical (unpaired) electrons. The predicted molar refractivity (Wildman–Crippen MR) is 75.6 cm³/mol. The Morgan fingerprint density at radius 1 is 0.350 bits per heavy atom. The van der Waals surface area contributed by atoms with Crippen LogP contribution < -0.4 is 15.3 Å². The van der Waals surface area contributed by atoms with Gasteiger partial charge in [-0.15, -0.1) is 0 Å². The van der Waals surface area contributed by atoms with Crippen molar-refractivity contribution in [3.63, 3.8) is 0 Å². The second-order valence-corrected chi connectivity index (χ2v) is 5.61. The van der Waals surface area contributed by atoms with E-state index in [2.05, 4.69) is 0 Å². The summed E-state index contributed by atoms with van der Waals surface area (Å²) in [4.78, 5) is 29.5. The van der Waals surface area contributed by atoms with Crippen LogP contribution >= 0.6 is 0 Å². The maximum Gasteiger partial charge on any atom is 3.00 e. The van der Waals surface area contributed by atoms with E-state index in [0.29, 0.717) is 0 Å². The van der Waals surface area contributed by atoms with Gasteiger partial charge >= 0.3 is 69.8 Å². The number of halogens is 18. The molecule has 0 saturated carbocycles. The Bertz CT molecular complexity index is 834. The zero-order valence-electron chi connectivity index (χ0n) is 17.6. The molecule has 0 aromatic rings. The first-order valence-corrected chi connectivity index (χ1v) is 7.86. The van der Waals surface area contributed by atoms with Gasteiger partial charge in [0.25, 0.3) is 17.3 Å². The van der Waals surface area contributed by atoms with Crippen LogP contribution in [0.15, 0.2) is 35.5 Å². The number of ketones is 3. The fraction of sp³-hybridized carbons (Fsp3) is 0.400. The molecule has 0 rings (SSSR count). The molecule has 0 aromatic carbocycles. The molecule has 40 heavy (non-hydrogen) atoms. The van der Waals surface area contributed by atoms with Crippen molar-refractivity contribution >= 4 is 17.3 Å². The summed E-state index contributed by atoms with van der Waals surface area (Å²) in [7, 11) is 0. The van der Waals surface area contributed by atoms with Gasteiger partial charge in [0.05, 0.1) is 0 Å². The summed E-state index contributed by atoms with van der Waals surface area (Å²) in [5.74, 6) is -16.9. The Kier molecular flexibility index (Phi) is 17.2. The first-order chi connectivity index (χ1) is 16.6. The molecular weight excluding hydrogens is 707 g/mol. The van der Waals surface area contributed by atoms with Gasteiger partial charge < -0.3 is 15.3 Å². The fourth-order valence-corrected chi connectivity index (χ4v) is 0.848. The molecule has 0 saturated heterocycles. The number of rotatable bonds is 3. The standard InChI is InChI=1S/3C5H2F6O2.Y/c3*6-4(7,8)2(12)1-3(13)5(9,10)11;/h3*1,12H;/q;;;+3/p-3/b2*2-1+;2-1-;. The molecule has 0 unspecified atom stereocenters. The smallest absolute Gasteiger partial charge is 0.869 e. The minimum absolute atomic E-state index is 0. The van der Waals surface area contributed by atoms with Crippen LogP contribution in [0.5, 0.6) is 0 Å². The molecular formula is C15H3F18O6Y. The van der Waals surface area contributed by atoms with E-state index in [9.17, 15) is 109 Å². The van der Waals surface area contributed by atoms with Crippen molar-refractivity contribution in [3.8, 4) is 0 Å². The number of carbonyl (C=O) groups is 3. The Labute approximate surface area is 231 Å². The molecule has 0 aliphatic rings. The van der Waals surface area contributed by atoms with E-state index in [-0.39, 0.29) is 32.7 Å². The summed E-state index contributed by atoms with van der Waals surface area (Å²) in [5, 5.41) is 29.5. The van der Waals surface area contributed by atoms with Crippen LogP contribution in [0.25, 0.3) is 0 Å². The van der Waals surface area contributed by atoms with Gasteiger partial charge in [-0.1, -0.05) is 0 Å². The first kappa shape index (κ1) is 44.5. The van der Waals surface area contributed by atoms with Gasteiger partial charge in [-0.3, -0.25) is 14.4 Å². The second-order valence-electron chi connectivity index (χ2n) is 5.61. The molecule has 0 heterocycles. The summed E-state index contributed by atoms with van der Waals surface area (Å²) in [6.45, 7) is 0. The zero-order chi connectivity index (χ0) is 32.6. The van der Waals surface area contributed by atoms with Gasteiger partial charge in [0.2, 0.25) is 0 Å². The van der Waals surface area contributed by atoms with Crippen molar-refractivity contribution < 1.29 is 141 Å². The Hall–Kier alpha value is -2.53. The Morgan fingerprint density at radius 3 is 0.550 bits per heavy atom. The summed E-state index contributed by atoms with van der Waals surface area (Å²) < 4.78 is 203. The average Bonchev–Trinajstić information content (AvgIpc) is 2.64. The van der Waals surface area contributed by atoms with Crippen molar-refractivity contribution in [1.29, 1.82) is 0 Å². The Morgan fingerprint density at radius 2 is 0.475 bits per heavy atom. The Balaban J connectivity index is -0.000000240. The molecule has 0 aliphatic carbocycles. The molecule has 228 valence electrons. The van der Waals surface area contributed by atoms with Gasteiger partial charge in [-0.25, -0.2) is 0 Å². The number of allylic oxidation sites excluding steroid dienone is 6. The molecule has 0 atom stereocenters. The van der Waals surface area contributed by atoms with Crippen LogP contribution in [0, 0.1) is 0 Å². The van der Waals surface area contributed by atoms with Gasteiger partial charge in [-0.2, -0.15) is 79.0 Å². The van der Waals surface area contributed by atoms with E-state index in [1.54, 1.807) is 0 Å². The molecule has 0 fully saturated rings. The third-order valence-electron chi connectivity index (χ3n) is 2.46. The SMILES string of the molecule is O=C(/C=C(/[O-])C(F)(F)F)C(F)(F)F.O=C(/C=C(/[O-])C(F)(F)F)C(F)(F)F.O=C(/C=C(\[O-])C(F)(F)F)C(F)(F)F.[Y+3]. The number of hydrogen-bond donors (Lipinski definition) is 0. The molecule has 0 bridgehead atoms. The number of carbonyl (C=O) groups excluding carboxylic acids is 3. The fourth-order valence-electron chi connectivity index (χ4n) is 0.848. The molecule has 0 amide bonds. The minimum atomic E-state index is -5.46. The second kappa shape index (κ2) is 15.5. The van der Waals surface area contributed by atoms with Crippen molar-refractivity contribution in [1.82, 2.24) is 0 Å². The molecule has 0 aliphatic heterocycles.